The Morgan fingerprint density at radius 3 is 1.76 bits per heavy atom. The molecule has 4 aliphatic heterocycles. The van der Waals surface area contributed by atoms with Gasteiger partial charge in [0, 0.05) is 6.42 Å². The Balaban J connectivity index is 0.00000170. The summed E-state index contributed by atoms with van der Waals surface area (Å²) < 4.78 is 167. The maximum atomic E-state index is 13.2. The van der Waals surface area contributed by atoms with E-state index in [1.165, 1.54) is 43.3 Å². The molecular formula is C41H20Cl5I3N9O16S4V. The van der Waals surface area contributed by atoms with E-state index in [9.17, 15) is 51.9 Å². The number of ether oxygens (including phenoxy) is 3. The van der Waals surface area contributed by atoms with E-state index in [1.54, 1.807) is 0 Å². The van der Waals surface area contributed by atoms with Crippen LogP contribution in [0, 0.1) is 6.92 Å². The topological polar surface area (TPSA) is 385 Å². The van der Waals surface area contributed by atoms with Gasteiger partial charge in [0.1, 0.15) is 74.7 Å². The standard InChI is InChI=1S/C41H20Cl5N9O16S4.3HI.V/c1-11-2-5-14-28(36(11)72(56,57)58)68-32-20(42)25-33(21(43)24(32)48-14)69-29-15(49-25)6-3-12(37(29)73(59,60)61)10-19-53-40(46)55-41(54-19)52-18-9-8-17-31(39(18)75(65,66)67)71-35-23(45)26-34(22(44)27(35)51-17)70-30-16(50-26)7-4-13(47)38(30)74(62,63)64;;;;/h2-9,50H,10,47H2,1H3,(H,56,57,58)(H,59,60,61)(H,62,63,64)(H,65,66,67);3*1H;/q;;;;+3/p-3. The van der Waals surface area contributed by atoms with Crippen LogP contribution in [-0.4, -0.2) is 71.8 Å². The van der Waals surface area contributed by atoms with Crippen molar-refractivity contribution in [3.05, 3.63) is 107 Å². The number of aryl methyl sites for hydroxylation is 1. The zero-order valence-electron chi connectivity index (χ0n) is 37.8. The van der Waals surface area contributed by atoms with Crippen LogP contribution in [0.15, 0.2) is 87.5 Å². The number of hydrogen-bond donors (Lipinski definition) is 6. The number of benzene rings is 6. The molecule has 6 aromatic rings. The number of nitrogen functional groups attached to an aromatic ring is 1. The molecule has 1 aliphatic carbocycles. The van der Waals surface area contributed by atoms with Gasteiger partial charge in [-0.25, -0.2) is 24.9 Å². The molecule has 25 nitrogen and oxygen atoms in total. The maximum absolute atomic E-state index is 13.2. The average molecular weight is 1630 g/mol. The molecule has 0 amide bonds. The number of rotatable bonds is 7. The van der Waals surface area contributed by atoms with Gasteiger partial charge in [0.2, 0.25) is 5.28 Å². The first kappa shape index (κ1) is 58.4. The molecule has 0 saturated heterocycles. The molecule has 5 aromatic carbocycles. The van der Waals surface area contributed by atoms with Gasteiger partial charge in [-0.2, -0.15) is 43.6 Å². The van der Waals surface area contributed by atoms with Crippen molar-refractivity contribution in [2.24, 2.45) is 15.0 Å². The Kier molecular flexibility index (Phi) is 15.6. The van der Waals surface area contributed by atoms with Crippen LogP contribution < -0.4 is 41.3 Å². The summed E-state index contributed by atoms with van der Waals surface area (Å²) in [6.07, 6.45) is -0.581. The third-order valence-corrected chi connectivity index (χ3v) is 16.6. The van der Waals surface area contributed by atoms with Gasteiger partial charge < -0.3 is 29.7 Å². The van der Waals surface area contributed by atoms with Crippen LogP contribution in [0.25, 0.3) is 22.6 Å². The summed E-state index contributed by atoms with van der Waals surface area (Å²) in [5.41, 5.74) is 3.99. The Morgan fingerprint density at radius 2 is 1.18 bits per heavy atom. The van der Waals surface area contributed by atoms with Crippen molar-refractivity contribution in [1.82, 2.24) is 19.9 Å². The van der Waals surface area contributed by atoms with E-state index in [1.807, 2.05) is 0 Å². The summed E-state index contributed by atoms with van der Waals surface area (Å²) >= 11 is 40.6. The first-order valence-electron chi connectivity index (χ1n) is 20.7. The summed E-state index contributed by atoms with van der Waals surface area (Å²) in [6.45, 7) is 1.41. The van der Waals surface area contributed by atoms with Crippen molar-refractivity contribution in [2.45, 2.75) is 32.9 Å². The zero-order chi connectivity index (χ0) is 57.3. The van der Waals surface area contributed by atoms with Gasteiger partial charge in [0.05, 0.1) is 16.7 Å². The number of halogens is 8. The molecule has 0 spiro atoms. The first-order valence-corrected chi connectivity index (χ1v) is 41.9. The number of anilines is 3. The van der Waals surface area contributed by atoms with Gasteiger partial charge in [0.15, 0.2) is 55.6 Å². The Morgan fingerprint density at radius 1 is 0.620 bits per heavy atom. The van der Waals surface area contributed by atoms with Crippen LogP contribution >= 0.6 is 118 Å². The summed E-state index contributed by atoms with van der Waals surface area (Å²) in [7, 11) is -20.4. The minimum atomic E-state index is -5.33. The van der Waals surface area contributed by atoms with Gasteiger partial charge in [-0.1, -0.05) is 58.5 Å². The Labute approximate surface area is 505 Å². The van der Waals surface area contributed by atoms with Crippen molar-refractivity contribution >= 4 is 204 Å². The number of nitrogens with one attached hydrogen (secondary N) is 1. The summed E-state index contributed by atoms with van der Waals surface area (Å²) in [4.78, 5) is 26.1. The molecule has 0 unspecified atom stereocenters. The summed E-state index contributed by atoms with van der Waals surface area (Å²) in [6, 6.07) is 9.92. The fraction of sp³-hybridized carbons (Fsp3) is 0.0488. The molecule has 1 aromatic heterocycles. The SMILES string of the molecule is Cc1ccc2c(c1S(=O)(=O)O)Oc1c(Cl)c3c(c(Cl)c1=N2)Oc1c(ccc(Cc2nc(Cl)nc(N=c4ccc5nc6c(Cl)c7c(c(Cl)c6oc-5c4S(=O)(=O)O)Nc4ccc(N)c(S(=O)(=O)O)c4O7)n2)c1S(=O)(=O)O)N=3.[I][V]([I])[I]. The van der Waals surface area contributed by atoms with Gasteiger partial charge >= 0.3 is 75.0 Å². The normalized spacial score (nSPS) is 13.7. The fourth-order valence-corrected chi connectivity index (χ4v) is 12.6. The van der Waals surface area contributed by atoms with Crippen LogP contribution in [0.3, 0.4) is 0 Å². The minimum absolute atomic E-state index is 0.0478. The van der Waals surface area contributed by atoms with Crippen molar-refractivity contribution in [3.8, 4) is 46.0 Å². The molecule has 410 valence electrons. The quantitative estimate of drug-likeness (QED) is 0.0373. The molecule has 0 bridgehead atoms. The number of nitrogens with two attached hydrogens (primary N) is 1. The monoisotopic (exact) mass is 1630 g/mol. The molecule has 0 atom stereocenters. The van der Waals surface area contributed by atoms with E-state index < -0.39 is 100 Å². The fourth-order valence-electron chi connectivity index (χ4n) is 8.20. The second kappa shape index (κ2) is 21.1. The van der Waals surface area contributed by atoms with Gasteiger partial charge in [-0.15, -0.1) is 0 Å². The number of hydrogen-bond acceptors (Lipinski definition) is 21. The second-order valence-corrected chi connectivity index (χ2v) is 58.8. The molecule has 79 heavy (non-hydrogen) atoms. The predicted molar refractivity (Wildman–Crippen MR) is 305 cm³/mol. The molecule has 7 N–H and O–H groups in total. The third kappa shape index (κ3) is 10.9. The molecule has 38 heteroatoms. The van der Waals surface area contributed by atoms with E-state index in [0.29, 0.717) is 0 Å². The molecule has 0 saturated carbocycles. The van der Waals surface area contributed by atoms with Crippen molar-refractivity contribution in [2.75, 3.05) is 11.1 Å². The molecule has 11 rings (SSSR count). The van der Waals surface area contributed by atoms with Crippen molar-refractivity contribution in [3.63, 3.8) is 0 Å². The van der Waals surface area contributed by atoms with E-state index in [0.717, 1.165) is 12.1 Å². The van der Waals surface area contributed by atoms with E-state index in [2.05, 4.69) is 100 Å². The van der Waals surface area contributed by atoms with E-state index >= 15 is 0 Å². The van der Waals surface area contributed by atoms with Gasteiger partial charge in [0.25, 0.3) is 36.3 Å². The second-order valence-electron chi connectivity index (χ2n) is 16.1. The van der Waals surface area contributed by atoms with Crippen LogP contribution in [0.4, 0.5) is 34.4 Å². The summed E-state index contributed by atoms with van der Waals surface area (Å²) in [5, 5.41) is -0.0516. The van der Waals surface area contributed by atoms with Crippen molar-refractivity contribution < 1.29 is 75.4 Å². The number of nitrogens with zero attached hydrogens (tertiary/aromatic N) is 7. The zero-order valence-corrected chi connectivity index (χ0v) is 52.7. The molecule has 5 aliphatic rings. The van der Waals surface area contributed by atoms with Crippen molar-refractivity contribution in [1.29, 1.82) is 0 Å². The average Bonchev–Trinajstić information content (AvgIpc) is 3.52. The Hall–Kier alpha value is -3.81. The number of fused-ring (bicyclic) bond motifs is 8. The van der Waals surface area contributed by atoms with Crippen LogP contribution in [0.5, 0.6) is 34.5 Å². The third-order valence-electron chi connectivity index (χ3n) is 11.2. The first-order chi connectivity index (χ1) is 36.8. The Bertz CT molecular complexity index is 4770. The van der Waals surface area contributed by atoms with Gasteiger partial charge in [-0.05, 0) is 66.0 Å². The summed E-state index contributed by atoms with van der Waals surface area (Å²) in [5.74, 6) is -3.85. The van der Waals surface area contributed by atoms with Gasteiger partial charge in [-0.3, -0.25) is 18.2 Å². The van der Waals surface area contributed by atoms with Crippen LogP contribution in [0.2, 0.25) is 25.4 Å². The van der Waals surface area contributed by atoms with E-state index in [4.69, 9.17) is 82.4 Å². The van der Waals surface area contributed by atoms with E-state index in [-0.39, 0.29) is 121 Å². The predicted octanol–water partition coefficient (Wildman–Crippen LogP) is 10.7. The molecule has 0 fully saturated rings. The van der Waals surface area contributed by atoms with Crippen LogP contribution in [0.1, 0.15) is 17.0 Å². The number of aromatic nitrogens is 4. The van der Waals surface area contributed by atoms with Crippen LogP contribution in [-0.2, 0) is 51.8 Å². The molecule has 0 radical (unpaired) electrons. The molecular weight excluding hydrogens is 1610 g/mol. The molecule has 5 heterocycles.